The molecule has 0 saturated carbocycles. The van der Waals surface area contributed by atoms with Gasteiger partial charge in [0.25, 0.3) is 5.91 Å². The van der Waals surface area contributed by atoms with Crippen molar-refractivity contribution in [1.29, 1.82) is 0 Å². The maximum absolute atomic E-state index is 12.4. The molecule has 5 heteroatoms. The minimum Gasteiger partial charge on any atom is -0.494 e. The minimum atomic E-state index is -0.307. The highest BCUT2D eigenvalue weighted by atomic mass is 16.5. The van der Waals surface area contributed by atoms with Crippen molar-refractivity contribution >= 4 is 5.91 Å². The summed E-state index contributed by atoms with van der Waals surface area (Å²) >= 11 is 0. The van der Waals surface area contributed by atoms with Crippen molar-refractivity contribution in [2.75, 3.05) is 26.4 Å². The Morgan fingerprint density at radius 1 is 1.07 bits per heavy atom. The van der Waals surface area contributed by atoms with Gasteiger partial charge in [0.15, 0.2) is 0 Å². The van der Waals surface area contributed by atoms with Crippen LogP contribution in [0.3, 0.4) is 0 Å². The molecule has 0 aromatic heterocycles. The van der Waals surface area contributed by atoms with Crippen LogP contribution in [0.1, 0.15) is 47.4 Å². The summed E-state index contributed by atoms with van der Waals surface area (Å²) in [5.41, 5.74) is 2.70. The van der Waals surface area contributed by atoms with E-state index in [9.17, 15) is 4.79 Å². The monoisotopic (exact) mass is 371 g/mol. The average molecular weight is 371 g/mol. The number of aliphatic hydroxyl groups is 1. The second-order valence-electron chi connectivity index (χ2n) is 6.43. The Labute approximate surface area is 161 Å². The van der Waals surface area contributed by atoms with Crippen LogP contribution in [0.5, 0.6) is 5.75 Å². The smallest absolute Gasteiger partial charge is 0.251 e. The first-order chi connectivity index (χ1) is 13.1. The zero-order chi connectivity index (χ0) is 19.5. The standard InChI is InChI=1S/C22H29NO4/c1-3-4-14-26-20-11-9-19(10-12-20)22(25)23-16-21(27-15-13-24)18-7-5-17(2)6-8-18/h5-12,21,24H,3-4,13-16H2,1-2H3,(H,23,25)/t21-/m0/s1. The van der Waals surface area contributed by atoms with Gasteiger partial charge in [-0.3, -0.25) is 4.79 Å². The number of benzene rings is 2. The summed E-state index contributed by atoms with van der Waals surface area (Å²) in [4.78, 5) is 12.4. The van der Waals surface area contributed by atoms with Crippen LogP contribution < -0.4 is 10.1 Å². The SMILES string of the molecule is CCCCOc1ccc(C(=O)NC[C@H](OCCO)c2ccc(C)cc2)cc1. The number of carbonyl (C=O) groups excluding carboxylic acids is 1. The number of carbonyl (C=O) groups is 1. The second kappa shape index (κ2) is 11.4. The van der Waals surface area contributed by atoms with Gasteiger partial charge in [-0.05, 0) is 43.2 Å². The topological polar surface area (TPSA) is 67.8 Å². The third kappa shape index (κ3) is 7.04. The van der Waals surface area contributed by atoms with Crippen molar-refractivity contribution in [3.05, 3.63) is 65.2 Å². The second-order valence-corrected chi connectivity index (χ2v) is 6.43. The van der Waals surface area contributed by atoms with E-state index in [1.807, 2.05) is 43.3 Å². The molecule has 2 rings (SSSR count). The third-order valence-electron chi connectivity index (χ3n) is 4.19. The number of nitrogens with one attached hydrogen (secondary N) is 1. The highest BCUT2D eigenvalue weighted by Crippen LogP contribution is 2.18. The van der Waals surface area contributed by atoms with Gasteiger partial charge in [-0.2, -0.15) is 0 Å². The lowest BCUT2D eigenvalue weighted by molar-refractivity contribution is 0.0277. The van der Waals surface area contributed by atoms with Crippen molar-refractivity contribution in [1.82, 2.24) is 5.32 Å². The Bertz CT molecular complexity index is 682. The Balaban J connectivity index is 1.93. The molecule has 0 aliphatic heterocycles. The van der Waals surface area contributed by atoms with Gasteiger partial charge in [0, 0.05) is 12.1 Å². The van der Waals surface area contributed by atoms with Crippen molar-refractivity contribution in [3.63, 3.8) is 0 Å². The molecule has 1 amide bonds. The molecular weight excluding hydrogens is 342 g/mol. The summed E-state index contributed by atoms with van der Waals surface area (Å²) < 4.78 is 11.3. The molecule has 0 aliphatic carbocycles. The van der Waals surface area contributed by atoms with Gasteiger partial charge in [0.2, 0.25) is 0 Å². The molecule has 0 bridgehead atoms. The van der Waals surface area contributed by atoms with Gasteiger partial charge < -0.3 is 19.9 Å². The van der Waals surface area contributed by atoms with Crippen molar-refractivity contribution < 1.29 is 19.4 Å². The molecule has 0 unspecified atom stereocenters. The van der Waals surface area contributed by atoms with Crippen LogP contribution in [0.25, 0.3) is 0 Å². The Kier molecular flexibility index (Phi) is 8.81. The van der Waals surface area contributed by atoms with Crippen LogP contribution in [-0.2, 0) is 4.74 Å². The first-order valence-electron chi connectivity index (χ1n) is 9.44. The quantitative estimate of drug-likeness (QED) is 0.592. The van der Waals surface area contributed by atoms with Crippen molar-refractivity contribution in [3.8, 4) is 5.75 Å². The summed E-state index contributed by atoms with van der Waals surface area (Å²) in [6, 6.07) is 15.1. The lowest BCUT2D eigenvalue weighted by Crippen LogP contribution is -2.30. The zero-order valence-corrected chi connectivity index (χ0v) is 16.1. The maximum Gasteiger partial charge on any atom is 0.251 e. The molecule has 5 nitrogen and oxygen atoms in total. The normalized spacial score (nSPS) is 11.8. The molecule has 2 aromatic rings. The van der Waals surface area contributed by atoms with Crippen LogP contribution in [0.4, 0.5) is 0 Å². The fourth-order valence-electron chi connectivity index (χ4n) is 2.57. The molecule has 2 aromatic carbocycles. The molecule has 0 spiro atoms. The fourth-order valence-corrected chi connectivity index (χ4v) is 2.57. The highest BCUT2D eigenvalue weighted by molar-refractivity contribution is 5.94. The minimum absolute atomic E-state index is 0.0597. The van der Waals surface area contributed by atoms with E-state index in [4.69, 9.17) is 14.6 Å². The van der Waals surface area contributed by atoms with Gasteiger partial charge in [-0.25, -0.2) is 0 Å². The highest BCUT2D eigenvalue weighted by Gasteiger charge is 2.14. The number of ether oxygens (including phenoxy) is 2. The first-order valence-corrected chi connectivity index (χ1v) is 9.44. The predicted octanol–water partition coefficient (Wildman–Crippen LogP) is 3.65. The molecule has 2 N–H and O–H groups in total. The van der Waals surface area contributed by atoms with Gasteiger partial charge >= 0.3 is 0 Å². The lowest BCUT2D eigenvalue weighted by Gasteiger charge is -2.19. The van der Waals surface area contributed by atoms with Gasteiger partial charge in [0.05, 0.1) is 25.9 Å². The number of rotatable bonds is 11. The predicted molar refractivity (Wildman–Crippen MR) is 106 cm³/mol. The summed E-state index contributed by atoms with van der Waals surface area (Å²) in [6.45, 7) is 5.31. The van der Waals surface area contributed by atoms with Crippen LogP contribution in [0, 0.1) is 6.92 Å². The van der Waals surface area contributed by atoms with Crippen LogP contribution in [0.15, 0.2) is 48.5 Å². The van der Waals surface area contributed by atoms with Crippen LogP contribution in [0.2, 0.25) is 0 Å². The van der Waals surface area contributed by atoms with E-state index >= 15 is 0 Å². The number of unbranched alkanes of at least 4 members (excludes halogenated alkanes) is 1. The largest absolute Gasteiger partial charge is 0.494 e. The summed E-state index contributed by atoms with van der Waals surface area (Å²) in [6.07, 6.45) is 1.79. The molecule has 0 aliphatic rings. The molecule has 0 fully saturated rings. The molecule has 0 radical (unpaired) electrons. The molecule has 0 saturated heterocycles. The molecule has 1 atom stereocenters. The number of aryl methyl sites for hydroxylation is 1. The summed E-state index contributed by atoms with van der Waals surface area (Å²) in [5, 5.41) is 11.9. The van der Waals surface area contributed by atoms with Gasteiger partial charge in [-0.15, -0.1) is 0 Å². The number of amides is 1. The van der Waals surface area contributed by atoms with Crippen LogP contribution >= 0.6 is 0 Å². The lowest BCUT2D eigenvalue weighted by atomic mass is 10.1. The van der Waals surface area contributed by atoms with E-state index < -0.39 is 0 Å². The van der Waals surface area contributed by atoms with E-state index in [0.29, 0.717) is 18.7 Å². The third-order valence-corrected chi connectivity index (χ3v) is 4.19. The van der Waals surface area contributed by atoms with Gasteiger partial charge in [0.1, 0.15) is 5.75 Å². The van der Waals surface area contributed by atoms with E-state index in [2.05, 4.69) is 12.2 Å². The number of hydrogen-bond acceptors (Lipinski definition) is 4. The van der Waals surface area contributed by atoms with Crippen molar-refractivity contribution in [2.45, 2.75) is 32.8 Å². The number of hydrogen-bond donors (Lipinski definition) is 2. The van der Waals surface area contributed by atoms with E-state index in [1.54, 1.807) is 12.1 Å². The van der Waals surface area contributed by atoms with Crippen molar-refractivity contribution in [2.24, 2.45) is 0 Å². The zero-order valence-electron chi connectivity index (χ0n) is 16.1. The fraction of sp³-hybridized carbons (Fsp3) is 0.409. The Morgan fingerprint density at radius 3 is 2.41 bits per heavy atom. The van der Waals surface area contributed by atoms with Gasteiger partial charge in [-0.1, -0.05) is 43.2 Å². The maximum atomic E-state index is 12.4. The summed E-state index contributed by atoms with van der Waals surface area (Å²) in [7, 11) is 0. The Morgan fingerprint density at radius 2 is 1.78 bits per heavy atom. The van der Waals surface area contributed by atoms with E-state index in [-0.39, 0.29) is 25.2 Å². The molecule has 146 valence electrons. The summed E-state index contributed by atoms with van der Waals surface area (Å²) in [5.74, 6) is 0.601. The molecular formula is C22H29NO4. The first kappa shape index (κ1) is 20.9. The van der Waals surface area contributed by atoms with E-state index in [1.165, 1.54) is 0 Å². The Hall–Kier alpha value is -2.37. The number of aliphatic hydroxyl groups excluding tert-OH is 1. The molecule has 27 heavy (non-hydrogen) atoms. The molecule has 0 heterocycles. The average Bonchev–Trinajstić information content (AvgIpc) is 2.69. The van der Waals surface area contributed by atoms with E-state index in [0.717, 1.165) is 29.7 Å². The van der Waals surface area contributed by atoms with Crippen LogP contribution in [-0.4, -0.2) is 37.4 Å².